The van der Waals surface area contributed by atoms with E-state index < -0.39 is 0 Å². The highest BCUT2D eigenvalue weighted by Gasteiger charge is 2.20. The zero-order valence-corrected chi connectivity index (χ0v) is 20.4. The maximum absolute atomic E-state index is 13.1. The van der Waals surface area contributed by atoms with Gasteiger partial charge >= 0.3 is 0 Å². The first-order chi connectivity index (χ1) is 17.6. The number of ether oxygens (including phenoxy) is 1. The van der Waals surface area contributed by atoms with Gasteiger partial charge in [0.2, 0.25) is 0 Å². The van der Waals surface area contributed by atoms with Gasteiger partial charge < -0.3 is 14.0 Å². The van der Waals surface area contributed by atoms with E-state index in [0.29, 0.717) is 30.0 Å². The molecule has 1 aliphatic heterocycles. The molecule has 1 amide bonds. The Morgan fingerprint density at radius 2 is 1.83 bits per heavy atom. The van der Waals surface area contributed by atoms with Crippen LogP contribution in [0.3, 0.4) is 0 Å². The predicted molar refractivity (Wildman–Crippen MR) is 138 cm³/mol. The Morgan fingerprint density at radius 1 is 1.03 bits per heavy atom. The summed E-state index contributed by atoms with van der Waals surface area (Å²) in [4.78, 5) is 22.1. The standard InChI is InChI=1S/C29H29N5O2/c1-22-4-2-14-34-20-26(31-28(22)34)21-36-27-11-9-25(10-12-27)29(35)33-15-3-13-32(16-17-33)19-24-7-5-23(18-30)6-8-24/h2,4-12,14,20H,3,13,15-17,19,21H2,1H3. The summed E-state index contributed by atoms with van der Waals surface area (Å²) >= 11 is 0. The minimum absolute atomic E-state index is 0.0533. The summed E-state index contributed by atoms with van der Waals surface area (Å²) in [6.07, 6.45) is 4.89. The number of hydrogen-bond acceptors (Lipinski definition) is 5. The summed E-state index contributed by atoms with van der Waals surface area (Å²) in [6, 6.07) is 21.3. The second-order valence-electron chi connectivity index (χ2n) is 9.20. The van der Waals surface area contributed by atoms with E-state index in [0.717, 1.165) is 49.5 Å². The molecule has 0 saturated carbocycles. The molecule has 1 fully saturated rings. The van der Waals surface area contributed by atoms with Crippen molar-refractivity contribution in [1.29, 1.82) is 5.26 Å². The SMILES string of the molecule is Cc1cccn2cc(COc3ccc(C(=O)N4CCCN(Cc5ccc(C#N)cc5)CC4)cc3)nc12. The summed E-state index contributed by atoms with van der Waals surface area (Å²) in [6.45, 7) is 6.45. The number of aromatic nitrogens is 2. The van der Waals surface area contributed by atoms with Crippen LogP contribution < -0.4 is 4.74 Å². The average Bonchev–Trinajstić information content (AvgIpc) is 3.20. The van der Waals surface area contributed by atoms with E-state index in [9.17, 15) is 4.79 Å². The van der Waals surface area contributed by atoms with Crippen molar-refractivity contribution >= 4 is 11.6 Å². The van der Waals surface area contributed by atoms with E-state index in [1.807, 2.05) is 89.3 Å². The van der Waals surface area contributed by atoms with Crippen molar-refractivity contribution in [3.8, 4) is 11.8 Å². The topological polar surface area (TPSA) is 73.9 Å². The predicted octanol–water partition coefficient (Wildman–Crippen LogP) is 4.44. The number of carbonyl (C=O) groups excluding carboxylic acids is 1. The van der Waals surface area contributed by atoms with Crippen molar-refractivity contribution in [3.05, 3.63) is 101 Å². The Bertz CT molecular complexity index is 1390. The molecule has 2 aromatic heterocycles. The first-order valence-corrected chi connectivity index (χ1v) is 12.3. The Morgan fingerprint density at radius 3 is 2.58 bits per heavy atom. The van der Waals surface area contributed by atoms with Gasteiger partial charge in [-0.2, -0.15) is 5.26 Å². The van der Waals surface area contributed by atoms with Gasteiger partial charge in [-0.05, 0) is 66.9 Å². The third-order valence-electron chi connectivity index (χ3n) is 6.58. The van der Waals surface area contributed by atoms with Crippen LogP contribution in [0.5, 0.6) is 5.75 Å². The first-order valence-electron chi connectivity index (χ1n) is 12.3. The van der Waals surface area contributed by atoms with Gasteiger partial charge in [0.05, 0.1) is 17.3 Å². The Labute approximate surface area is 211 Å². The van der Waals surface area contributed by atoms with E-state index in [-0.39, 0.29) is 5.91 Å². The zero-order valence-electron chi connectivity index (χ0n) is 20.4. The molecule has 182 valence electrons. The number of hydrogen-bond donors (Lipinski definition) is 0. The van der Waals surface area contributed by atoms with Crippen molar-refractivity contribution in [1.82, 2.24) is 19.2 Å². The van der Waals surface area contributed by atoms with Crippen LogP contribution in [-0.4, -0.2) is 51.3 Å². The lowest BCUT2D eigenvalue weighted by molar-refractivity contribution is 0.0761. The molecule has 7 nitrogen and oxygen atoms in total. The minimum atomic E-state index is 0.0533. The number of nitrogens with zero attached hydrogens (tertiary/aromatic N) is 5. The van der Waals surface area contributed by atoms with Crippen molar-refractivity contribution in [2.45, 2.75) is 26.5 Å². The summed E-state index contributed by atoms with van der Waals surface area (Å²) < 4.78 is 7.92. The van der Waals surface area contributed by atoms with Crippen LogP contribution in [0.4, 0.5) is 0 Å². The maximum Gasteiger partial charge on any atom is 0.253 e. The number of aryl methyl sites for hydroxylation is 1. The fourth-order valence-corrected chi connectivity index (χ4v) is 4.58. The highest BCUT2D eigenvalue weighted by atomic mass is 16.5. The van der Waals surface area contributed by atoms with Gasteiger partial charge in [-0.3, -0.25) is 9.69 Å². The molecule has 1 aliphatic rings. The molecule has 0 radical (unpaired) electrons. The van der Waals surface area contributed by atoms with Crippen molar-refractivity contribution < 1.29 is 9.53 Å². The maximum atomic E-state index is 13.1. The molecule has 0 unspecified atom stereocenters. The van der Waals surface area contributed by atoms with Gasteiger partial charge in [0.25, 0.3) is 5.91 Å². The normalized spacial score (nSPS) is 14.4. The number of benzene rings is 2. The highest BCUT2D eigenvalue weighted by Crippen LogP contribution is 2.18. The average molecular weight is 480 g/mol. The summed E-state index contributed by atoms with van der Waals surface area (Å²) in [5, 5.41) is 8.98. The molecule has 2 aromatic carbocycles. The van der Waals surface area contributed by atoms with Crippen molar-refractivity contribution in [2.75, 3.05) is 26.2 Å². The molecular formula is C29H29N5O2. The Kier molecular flexibility index (Phi) is 6.96. The van der Waals surface area contributed by atoms with Crippen LogP contribution in [-0.2, 0) is 13.2 Å². The summed E-state index contributed by atoms with van der Waals surface area (Å²) in [7, 11) is 0. The third-order valence-corrected chi connectivity index (χ3v) is 6.58. The van der Waals surface area contributed by atoms with Gasteiger partial charge in [-0.15, -0.1) is 0 Å². The second kappa shape index (κ2) is 10.6. The van der Waals surface area contributed by atoms with Gasteiger partial charge in [0.1, 0.15) is 18.0 Å². The number of rotatable bonds is 6. The third kappa shape index (κ3) is 5.40. The molecule has 0 aliphatic carbocycles. The van der Waals surface area contributed by atoms with Crippen LogP contribution in [0.15, 0.2) is 73.1 Å². The Hall–Kier alpha value is -4.15. The molecule has 1 saturated heterocycles. The zero-order chi connectivity index (χ0) is 24.9. The summed E-state index contributed by atoms with van der Waals surface area (Å²) in [5.74, 6) is 0.766. The van der Waals surface area contributed by atoms with Gasteiger partial charge in [-0.1, -0.05) is 18.2 Å². The molecule has 0 spiro atoms. The highest BCUT2D eigenvalue weighted by molar-refractivity contribution is 5.94. The van der Waals surface area contributed by atoms with E-state index in [4.69, 9.17) is 10.00 Å². The fourth-order valence-electron chi connectivity index (χ4n) is 4.58. The lowest BCUT2D eigenvalue weighted by Gasteiger charge is -2.22. The number of nitriles is 1. The van der Waals surface area contributed by atoms with Crippen LogP contribution in [0.25, 0.3) is 5.65 Å². The molecule has 7 heteroatoms. The van der Waals surface area contributed by atoms with Crippen LogP contribution in [0.1, 0.15) is 39.2 Å². The van der Waals surface area contributed by atoms with Gasteiger partial charge in [0, 0.05) is 50.7 Å². The lowest BCUT2D eigenvalue weighted by atomic mass is 10.1. The molecule has 0 N–H and O–H groups in total. The molecule has 36 heavy (non-hydrogen) atoms. The number of amides is 1. The molecule has 5 rings (SSSR count). The van der Waals surface area contributed by atoms with Gasteiger partial charge in [-0.25, -0.2) is 4.98 Å². The van der Waals surface area contributed by atoms with Crippen LogP contribution in [0.2, 0.25) is 0 Å². The lowest BCUT2D eigenvalue weighted by Crippen LogP contribution is -2.35. The minimum Gasteiger partial charge on any atom is -0.487 e. The van der Waals surface area contributed by atoms with Gasteiger partial charge in [0.15, 0.2) is 0 Å². The Balaban J connectivity index is 1.15. The molecular weight excluding hydrogens is 450 g/mol. The molecule has 3 heterocycles. The van der Waals surface area contributed by atoms with Crippen LogP contribution in [0, 0.1) is 18.3 Å². The smallest absolute Gasteiger partial charge is 0.253 e. The molecule has 4 aromatic rings. The monoisotopic (exact) mass is 479 g/mol. The van der Waals surface area contributed by atoms with Crippen LogP contribution >= 0.6 is 0 Å². The largest absolute Gasteiger partial charge is 0.487 e. The second-order valence-corrected chi connectivity index (χ2v) is 9.20. The molecule has 0 bridgehead atoms. The number of carbonyl (C=O) groups is 1. The first kappa shape index (κ1) is 23.6. The van der Waals surface area contributed by atoms with Crippen molar-refractivity contribution in [3.63, 3.8) is 0 Å². The van der Waals surface area contributed by atoms with E-state index in [2.05, 4.69) is 16.0 Å². The number of fused-ring (bicyclic) bond motifs is 1. The molecule has 0 atom stereocenters. The number of pyridine rings is 1. The summed E-state index contributed by atoms with van der Waals surface area (Å²) in [5.41, 5.74) is 5.45. The quantitative estimate of drug-likeness (QED) is 0.409. The van der Waals surface area contributed by atoms with E-state index in [1.165, 1.54) is 5.56 Å². The van der Waals surface area contributed by atoms with Crippen molar-refractivity contribution in [2.24, 2.45) is 0 Å². The fraction of sp³-hybridized carbons (Fsp3) is 0.276. The van der Waals surface area contributed by atoms with E-state index >= 15 is 0 Å². The van der Waals surface area contributed by atoms with E-state index in [1.54, 1.807) is 0 Å². The number of imidazole rings is 1.